The van der Waals surface area contributed by atoms with Gasteiger partial charge in [0.1, 0.15) is 0 Å². The standard InChI is InChI=1S/C65H103NO3/c1-3-5-7-9-11-13-15-17-19-21-23-25-26-27-28-29-30-31-32-33-34-35-36-37-38-39-40-41-43-45-47-49-51-53-55-57-59-61-65(69)66-63(62-67)64(68)60-58-56-54-52-50-48-46-44-42-24-22-20-18-16-14-12-10-8-6-4-2/h5,7,11,13,17,19,23,25,27-28,30-31,33-34,36-37,39-40,42-45,49-52,58,60,63-64,67-68H,3-4,6,8-10,12,14-16,18,20-22,24,26,29,32,35,38,41,46-48,53-57,59,61-62H2,1-2H3,(H,66,69)/b7-5-,13-11-,19-17-,25-23-,28-27-,31-30-,34-33-,37-36-,40-39-,44-42+,45-43-,51-49-,52-50+,60-58+. The van der Waals surface area contributed by atoms with Crippen molar-refractivity contribution in [1.82, 2.24) is 5.32 Å². The first-order valence-electron chi connectivity index (χ1n) is 27.8. The fourth-order valence-electron chi connectivity index (χ4n) is 7.21. The van der Waals surface area contributed by atoms with Crippen molar-refractivity contribution >= 4 is 5.91 Å². The van der Waals surface area contributed by atoms with Gasteiger partial charge in [-0.3, -0.25) is 4.79 Å². The fourth-order valence-corrected chi connectivity index (χ4v) is 7.21. The molecule has 0 aromatic heterocycles. The van der Waals surface area contributed by atoms with Crippen molar-refractivity contribution in [2.24, 2.45) is 0 Å². The summed E-state index contributed by atoms with van der Waals surface area (Å²) in [6.07, 6.45) is 95.0. The van der Waals surface area contributed by atoms with Crippen LogP contribution in [0, 0.1) is 0 Å². The lowest BCUT2D eigenvalue weighted by Crippen LogP contribution is -2.45. The Labute approximate surface area is 426 Å². The second-order valence-corrected chi connectivity index (χ2v) is 17.9. The summed E-state index contributed by atoms with van der Waals surface area (Å²) in [6, 6.07) is -0.677. The summed E-state index contributed by atoms with van der Waals surface area (Å²) in [5, 5.41) is 23.1. The van der Waals surface area contributed by atoms with E-state index in [1.807, 2.05) is 6.08 Å². The number of carbonyl (C=O) groups is 1. The summed E-state index contributed by atoms with van der Waals surface area (Å²) in [4.78, 5) is 12.4. The molecule has 69 heavy (non-hydrogen) atoms. The quantitative estimate of drug-likeness (QED) is 0.0420. The molecular weight excluding hydrogens is 843 g/mol. The molecule has 0 aromatic rings. The number of allylic oxidation sites excluding steroid dienone is 27. The molecule has 0 saturated heterocycles. The third-order valence-corrected chi connectivity index (χ3v) is 11.4. The molecule has 0 saturated carbocycles. The minimum Gasteiger partial charge on any atom is -0.394 e. The molecule has 0 aliphatic heterocycles. The summed E-state index contributed by atoms with van der Waals surface area (Å²) >= 11 is 0. The molecule has 4 heteroatoms. The number of hydrogen-bond donors (Lipinski definition) is 3. The zero-order valence-electron chi connectivity index (χ0n) is 44.3. The predicted molar refractivity (Wildman–Crippen MR) is 307 cm³/mol. The molecule has 2 atom stereocenters. The van der Waals surface area contributed by atoms with Gasteiger partial charge in [0, 0.05) is 6.42 Å². The molecule has 0 rings (SSSR count). The van der Waals surface area contributed by atoms with Crippen LogP contribution in [-0.2, 0) is 4.79 Å². The highest BCUT2D eigenvalue weighted by Crippen LogP contribution is 2.12. The molecule has 2 unspecified atom stereocenters. The highest BCUT2D eigenvalue weighted by Gasteiger charge is 2.17. The van der Waals surface area contributed by atoms with Gasteiger partial charge in [-0.25, -0.2) is 0 Å². The number of rotatable bonds is 48. The predicted octanol–water partition coefficient (Wildman–Crippen LogP) is 18.7. The first-order chi connectivity index (χ1) is 34.2. The van der Waals surface area contributed by atoms with Crippen LogP contribution in [0.5, 0.6) is 0 Å². The molecule has 1 amide bonds. The van der Waals surface area contributed by atoms with E-state index < -0.39 is 12.1 Å². The Hall–Kier alpha value is -4.25. The molecule has 0 bridgehead atoms. The van der Waals surface area contributed by atoms with Gasteiger partial charge in [-0.05, 0) is 128 Å². The monoisotopic (exact) mass is 946 g/mol. The maximum Gasteiger partial charge on any atom is 0.220 e. The number of carbonyl (C=O) groups excluding carboxylic acids is 1. The van der Waals surface area contributed by atoms with Gasteiger partial charge >= 0.3 is 0 Å². The van der Waals surface area contributed by atoms with Crippen LogP contribution in [0.25, 0.3) is 0 Å². The van der Waals surface area contributed by atoms with Crippen molar-refractivity contribution in [3.8, 4) is 0 Å². The van der Waals surface area contributed by atoms with Crippen molar-refractivity contribution in [3.05, 3.63) is 170 Å². The van der Waals surface area contributed by atoms with Gasteiger partial charge in [0.2, 0.25) is 5.91 Å². The van der Waals surface area contributed by atoms with E-state index in [-0.39, 0.29) is 12.5 Å². The Morgan fingerprint density at radius 2 is 0.652 bits per heavy atom. The Balaban J connectivity index is 3.77. The highest BCUT2D eigenvalue weighted by molar-refractivity contribution is 5.76. The maximum absolute atomic E-state index is 12.4. The molecule has 386 valence electrons. The Morgan fingerprint density at radius 1 is 0.362 bits per heavy atom. The molecule has 0 aliphatic rings. The van der Waals surface area contributed by atoms with Gasteiger partial charge in [-0.2, -0.15) is 0 Å². The second-order valence-electron chi connectivity index (χ2n) is 17.9. The average Bonchev–Trinajstić information content (AvgIpc) is 3.35. The molecule has 0 fully saturated rings. The van der Waals surface area contributed by atoms with E-state index in [1.54, 1.807) is 6.08 Å². The van der Waals surface area contributed by atoms with E-state index >= 15 is 0 Å². The van der Waals surface area contributed by atoms with E-state index in [1.165, 1.54) is 70.6 Å². The Morgan fingerprint density at radius 3 is 1.01 bits per heavy atom. The molecule has 0 aromatic carbocycles. The summed E-state index contributed by atoms with van der Waals surface area (Å²) < 4.78 is 0. The lowest BCUT2D eigenvalue weighted by molar-refractivity contribution is -0.123. The molecular formula is C65H103NO3. The van der Waals surface area contributed by atoms with E-state index in [4.69, 9.17) is 0 Å². The lowest BCUT2D eigenvalue weighted by atomic mass is 10.1. The zero-order chi connectivity index (χ0) is 49.9. The van der Waals surface area contributed by atoms with Gasteiger partial charge < -0.3 is 15.5 Å². The molecule has 4 nitrogen and oxygen atoms in total. The summed E-state index contributed by atoms with van der Waals surface area (Å²) in [6.45, 7) is 4.15. The summed E-state index contributed by atoms with van der Waals surface area (Å²) in [5.74, 6) is -0.117. The third-order valence-electron chi connectivity index (χ3n) is 11.4. The van der Waals surface area contributed by atoms with Crippen LogP contribution in [-0.4, -0.2) is 34.9 Å². The minimum atomic E-state index is -0.898. The van der Waals surface area contributed by atoms with Gasteiger partial charge in [0.25, 0.3) is 0 Å². The van der Waals surface area contributed by atoms with Crippen molar-refractivity contribution in [2.45, 2.75) is 225 Å². The number of aliphatic hydroxyl groups excluding tert-OH is 2. The number of amides is 1. The first-order valence-corrected chi connectivity index (χ1v) is 27.8. The van der Waals surface area contributed by atoms with Crippen LogP contribution >= 0.6 is 0 Å². The Bertz CT molecular complexity index is 1540. The molecule has 0 heterocycles. The van der Waals surface area contributed by atoms with Gasteiger partial charge in [0.05, 0.1) is 18.8 Å². The lowest BCUT2D eigenvalue weighted by Gasteiger charge is -2.19. The molecule has 0 radical (unpaired) electrons. The van der Waals surface area contributed by atoms with Crippen LogP contribution in [0.1, 0.15) is 213 Å². The maximum atomic E-state index is 12.4. The number of nitrogens with one attached hydrogen (secondary N) is 1. The third kappa shape index (κ3) is 54.6. The van der Waals surface area contributed by atoms with Crippen LogP contribution in [0.15, 0.2) is 170 Å². The van der Waals surface area contributed by atoms with Crippen LogP contribution in [0.2, 0.25) is 0 Å². The van der Waals surface area contributed by atoms with Crippen LogP contribution < -0.4 is 5.32 Å². The topological polar surface area (TPSA) is 69.6 Å². The van der Waals surface area contributed by atoms with Crippen molar-refractivity contribution in [2.75, 3.05) is 6.61 Å². The first kappa shape index (κ1) is 64.8. The van der Waals surface area contributed by atoms with Crippen molar-refractivity contribution < 1.29 is 15.0 Å². The molecule has 0 spiro atoms. The zero-order valence-corrected chi connectivity index (χ0v) is 44.3. The van der Waals surface area contributed by atoms with Crippen molar-refractivity contribution in [3.63, 3.8) is 0 Å². The normalized spacial score (nSPS) is 14.2. The van der Waals surface area contributed by atoms with E-state index in [0.717, 1.165) is 122 Å². The SMILES string of the molecule is CC/C=C\C/C=C\C/C=C\C/C=C\C/C=C\C/C=C\C/C=C\C/C=C\C/C=C\C/C=C\C/C=C\CCCCCC(=O)NC(CO)C(O)/C=C/CC/C=C/CC/C=C/CCCCCCCCCCCC. The van der Waals surface area contributed by atoms with E-state index in [9.17, 15) is 15.0 Å². The van der Waals surface area contributed by atoms with Crippen LogP contribution in [0.3, 0.4) is 0 Å². The molecule has 0 aliphatic carbocycles. The summed E-state index contributed by atoms with van der Waals surface area (Å²) in [5.41, 5.74) is 0. The fraction of sp³-hybridized carbons (Fsp3) is 0.554. The summed E-state index contributed by atoms with van der Waals surface area (Å²) in [7, 11) is 0. The van der Waals surface area contributed by atoms with E-state index in [2.05, 4.69) is 177 Å². The van der Waals surface area contributed by atoms with Gasteiger partial charge in [-0.1, -0.05) is 248 Å². The van der Waals surface area contributed by atoms with E-state index in [0.29, 0.717) is 6.42 Å². The molecule has 3 N–H and O–H groups in total. The van der Waals surface area contributed by atoms with Gasteiger partial charge in [0.15, 0.2) is 0 Å². The minimum absolute atomic E-state index is 0.117. The Kier molecular flexibility index (Phi) is 54.5. The smallest absolute Gasteiger partial charge is 0.220 e. The number of unbranched alkanes of at least 4 members (excludes halogenated alkanes) is 15. The highest BCUT2D eigenvalue weighted by atomic mass is 16.3. The van der Waals surface area contributed by atoms with Crippen molar-refractivity contribution in [1.29, 1.82) is 0 Å². The average molecular weight is 947 g/mol. The van der Waals surface area contributed by atoms with Gasteiger partial charge in [-0.15, -0.1) is 0 Å². The van der Waals surface area contributed by atoms with Crippen LogP contribution in [0.4, 0.5) is 0 Å². The largest absolute Gasteiger partial charge is 0.394 e. The second kappa shape index (κ2) is 58.1. The number of aliphatic hydroxyl groups is 2. The number of hydrogen-bond acceptors (Lipinski definition) is 3.